The highest BCUT2D eigenvalue weighted by atomic mass is 16.7. The van der Waals surface area contributed by atoms with Gasteiger partial charge in [0.25, 0.3) is 0 Å². The first-order valence-electron chi connectivity index (χ1n) is 8.28. The van der Waals surface area contributed by atoms with Crippen LogP contribution in [0.2, 0.25) is 0 Å². The molecule has 1 unspecified atom stereocenters. The van der Waals surface area contributed by atoms with E-state index in [-0.39, 0.29) is 5.79 Å². The summed E-state index contributed by atoms with van der Waals surface area (Å²) in [5.41, 5.74) is 0. The molecule has 112 valence electrons. The molecular weight excluding hydrogens is 238 g/mol. The fourth-order valence-electron chi connectivity index (χ4n) is 3.37. The van der Waals surface area contributed by atoms with E-state index < -0.39 is 0 Å². The van der Waals surface area contributed by atoms with Gasteiger partial charge < -0.3 is 14.8 Å². The lowest BCUT2D eigenvalue weighted by Gasteiger charge is -2.36. The van der Waals surface area contributed by atoms with Crippen molar-refractivity contribution in [3.8, 4) is 0 Å². The average molecular weight is 269 g/mol. The molecule has 0 aromatic rings. The molecule has 1 atom stereocenters. The number of unbranched alkanes of at least 4 members (excludes halogenated alkanes) is 3. The summed E-state index contributed by atoms with van der Waals surface area (Å²) in [6, 6.07) is 1.32. The largest absolute Gasteiger partial charge is 0.348 e. The first-order valence-corrected chi connectivity index (χ1v) is 8.28. The van der Waals surface area contributed by atoms with Crippen LogP contribution in [0.25, 0.3) is 0 Å². The lowest BCUT2D eigenvalue weighted by atomic mass is 9.89. The van der Waals surface area contributed by atoms with Crippen LogP contribution in [0, 0.1) is 0 Å². The molecule has 0 radical (unpaired) electrons. The second-order valence-electron chi connectivity index (χ2n) is 6.30. The standard InChI is InChI=1S/C16H31NO2/c1-3-4-5-6-7-14(2)17-15-8-10-16(11-9-15)18-12-13-19-16/h14-15,17H,3-13H2,1-2H3. The van der Waals surface area contributed by atoms with Gasteiger partial charge in [-0.1, -0.05) is 32.6 Å². The van der Waals surface area contributed by atoms with E-state index in [1.54, 1.807) is 0 Å². The summed E-state index contributed by atoms with van der Waals surface area (Å²) in [6.07, 6.45) is 11.3. The van der Waals surface area contributed by atoms with Gasteiger partial charge in [0.05, 0.1) is 13.2 Å². The van der Waals surface area contributed by atoms with Gasteiger partial charge >= 0.3 is 0 Å². The van der Waals surface area contributed by atoms with Crippen LogP contribution in [0.4, 0.5) is 0 Å². The third kappa shape index (κ3) is 4.73. The van der Waals surface area contributed by atoms with Crippen LogP contribution in [0.1, 0.15) is 71.6 Å². The molecule has 0 amide bonds. The molecule has 0 aromatic carbocycles. The van der Waals surface area contributed by atoms with E-state index in [9.17, 15) is 0 Å². The Morgan fingerprint density at radius 1 is 1.11 bits per heavy atom. The molecule has 2 rings (SSSR count). The first-order chi connectivity index (χ1) is 9.24. The number of hydrogen-bond donors (Lipinski definition) is 1. The Labute approximate surface area is 118 Å². The van der Waals surface area contributed by atoms with Crippen LogP contribution in [0.5, 0.6) is 0 Å². The first kappa shape index (κ1) is 15.3. The molecule has 0 aromatic heterocycles. The van der Waals surface area contributed by atoms with E-state index in [2.05, 4.69) is 19.2 Å². The summed E-state index contributed by atoms with van der Waals surface area (Å²) in [5.74, 6) is -0.206. The third-order valence-electron chi connectivity index (χ3n) is 4.57. The second kappa shape index (κ2) is 7.61. The number of ether oxygens (including phenoxy) is 2. The predicted molar refractivity (Wildman–Crippen MR) is 78.2 cm³/mol. The molecule has 0 bridgehead atoms. The van der Waals surface area contributed by atoms with Crippen LogP contribution in [0.15, 0.2) is 0 Å². The smallest absolute Gasteiger partial charge is 0.168 e. The van der Waals surface area contributed by atoms with Crippen molar-refractivity contribution >= 4 is 0 Å². The molecule has 2 aliphatic rings. The van der Waals surface area contributed by atoms with E-state index in [1.165, 1.54) is 44.9 Å². The molecule has 1 N–H and O–H groups in total. The van der Waals surface area contributed by atoms with Crippen molar-refractivity contribution in [1.82, 2.24) is 5.32 Å². The molecule has 1 saturated carbocycles. The maximum Gasteiger partial charge on any atom is 0.168 e. The molecule has 1 aliphatic carbocycles. The summed E-state index contributed by atoms with van der Waals surface area (Å²) < 4.78 is 11.6. The molecule has 19 heavy (non-hydrogen) atoms. The minimum atomic E-state index is -0.206. The Bertz CT molecular complexity index is 241. The Balaban J connectivity index is 1.59. The summed E-state index contributed by atoms with van der Waals surface area (Å²) >= 11 is 0. The van der Waals surface area contributed by atoms with Crippen LogP contribution in [-0.2, 0) is 9.47 Å². The number of rotatable bonds is 7. The zero-order chi connectivity index (χ0) is 13.6. The lowest BCUT2D eigenvalue weighted by molar-refractivity contribution is -0.179. The molecule has 1 saturated heterocycles. The molecule has 3 nitrogen and oxygen atoms in total. The van der Waals surface area contributed by atoms with Crippen molar-refractivity contribution < 1.29 is 9.47 Å². The van der Waals surface area contributed by atoms with Crippen molar-refractivity contribution in [2.75, 3.05) is 13.2 Å². The molecule has 2 fully saturated rings. The van der Waals surface area contributed by atoms with E-state index in [0.717, 1.165) is 26.1 Å². The fraction of sp³-hybridized carbons (Fsp3) is 1.00. The zero-order valence-corrected chi connectivity index (χ0v) is 12.7. The highest BCUT2D eigenvalue weighted by molar-refractivity contribution is 4.86. The van der Waals surface area contributed by atoms with E-state index in [4.69, 9.17) is 9.47 Å². The Hall–Kier alpha value is -0.120. The monoisotopic (exact) mass is 269 g/mol. The van der Waals surface area contributed by atoms with Crippen LogP contribution < -0.4 is 5.32 Å². The summed E-state index contributed by atoms with van der Waals surface area (Å²) in [7, 11) is 0. The second-order valence-corrected chi connectivity index (χ2v) is 6.30. The van der Waals surface area contributed by atoms with Crippen LogP contribution in [-0.4, -0.2) is 31.1 Å². The van der Waals surface area contributed by atoms with Crippen LogP contribution >= 0.6 is 0 Å². The third-order valence-corrected chi connectivity index (χ3v) is 4.57. The summed E-state index contributed by atoms with van der Waals surface area (Å²) in [5, 5.41) is 3.79. The van der Waals surface area contributed by atoms with Crippen molar-refractivity contribution in [3.05, 3.63) is 0 Å². The lowest BCUT2D eigenvalue weighted by Crippen LogP contribution is -2.44. The average Bonchev–Trinajstić information content (AvgIpc) is 2.86. The van der Waals surface area contributed by atoms with Gasteiger partial charge in [0.15, 0.2) is 5.79 Å². The Morgan fingerprint density at radius 3 is 2.42 bits per heavy atom. The molecule has 1 aliphatic heterocycles. The van der Waals surface area contributed by atoms with Gasteiger partial charge in [-0.25, -0.2) is 0 Å². The maximum atomic E-state index is 5.78. The normalized spacial score (nSPS) is 24.9. The van der Waals surface area contributed by atoms with Gasteiger partial charge in [-0.3, -0.25) is 0 Å². The van der Waals surface area contributed by atoms with Crippen molar-refractivity contribution in [2.24, 2.45) is 0 Å². The van der Waals surface area contributed by atoms with Gasteiger partial charge in [0.1, 0.15) is 0 Å². The summed E-state index contributed by atoms with van der Waals surface area (Å²) in [6.45, 7) is 6.17. The maximum absolute atomic E-state index is 5.78. The molecule has 1 heterocycles. The summed E-state index contributed by atoms with van der Waals surface area (Å²) in [4.78, 5) is 0. The predicted octanol–water partition coefficient (Wildman–Crippen LogP) is 3.62. The van der Waals surface area contributed by atoms with Gasteiger partial charge in [0.2, 0.25) is 0 Å². The van der Waals surface area contributed by atoms with Crippen molar-refractivity contribution in [2.45, 2.75) is 89.5 Å². The van der Waals surface area contributed by atoms with E-state index in [0.29, 0.717) is 12.1 Å². The zero-order valence-electron chi connectivity index (χ0n) is 12.7. The molecule has 3 heteroatoms. The number of nitrogens with one attached hydrogen (secondary N) is 1. The SMILES string of the molecule is CCCCCCC(C)NC1CCC2(CC1)OCCO2. The highest BCUT2D eigenvalue weighted by Crippen LogP contribution is 2.35. The Morgan fingerprint density at radius 2 is 1.79 bits per heavy atom. The van der Waals surface area contributed by atoms with Gasteiger partial charge in [-0.15, -0.1) is 0 Å². The quantitative estimate of drug-likeness (QED) is 0.716. The van der Waals surface area contributed by atoms with Crippen LogP contribution in [0.3, 0.4) is 0 Å². The minimum absolute atomic E-state index is 0.206. The van der Waals surface area contributed by atoms with Crippen molar-refractivity contribution in [1.29, 1.82) is 0 Å². The van der Waals surface area contributed by atoms with Gasteiger partial charge in [0, 0.05) is 24.9 Å². The fourth-order valence-corrected chi connectivity index (χ4v) is 3.37. The molecule has 1 spiro atoms. The van der Waals surface area contributed by atoms with E-state index in [1.807, 2.05) is 0 Å². The van der Waals surface area contributed by atoms with Gasteiger partial charge in [-0.05, 0) is 26.2 Å². The highest BCUT2D eigenvalue weighted by Gasteiger charge is 2.40. The topological polar surface area (TPSA) is 30.5 Å². The Kier molecular flexibility index (Phi) is 6.11. The number of hydrogen-bond acceptors (Lipinski definition) is 3. The van der Waals surface area contributed by atoms with E-state index >= 15 is 0 Å². The van der Waals surface area contributed by atoms with Gasteiger partial charge in [-0.2, -0.15) is 0 Å². The molecular formula is C16H31NO2. The minimum Gasteiger partial charge on any atom is -0.348 e. The van der Waals surface area contributed by atoms with Crippen molar-refractivity contribution in [3.63, 3.8) is 0 Å².